The van der Waals surface area contributed by atoms with Gasteiger partial charge in [-0.25, -0.2) is 14.2 Å². The zero-order valence-corrected chi connectivity index (χ0v) is 10.4. The van der Waals surface area contributed by atoms with Crippen molar-refractivity contribution in [3.05, 3.63) is 29.8 Å². The number of rotatable bonds is 3. The third kappa shape index (κ3) is 2.14. The molecule has 3 rings (SSSR count). The molecule has 1 amide bonds. The van der Waals surface area contributed by atoms with Gasteiger partial charge in [0.2, 0.25) is 0 Å². The highest BCUT2D eigenvalue weighted by molar-refractivity contribution is 5.77. The van der Waals surface area contributed by atoms with Crippen LogP contribution < -0.4 is 5.32 Å². The highest BCUT2D eigenvalue weighted by atomic mass is 19.1. The van der Waals surface area contributed by atoms with Gasteiger partial charge in [0.05, 0.1) is 17.1 Å². The number of nitrogens with one attached hydrogen (secondary N) is 1. The molecular formula is C13H14FN3O2. The third-order valence-electron chi connectivity index (χ3n) is 3.32. The van der Waals surface area contributed by atoms with Crippen molar-refractivity contribution in [2.24, 2.45) is 0 Å². The molecule has 0 spiro atoms. The molecule has 0 saturated heterocycles. The molecule has 2 aromatic rings. The lowest BCUT2D eigenvalue weighted by Crippen LogP contribution is -2.26. The van der Waals surface area contributed by atoms with Crippen molar-refractivity contribution in [3.63, 3.8) is 0 Å². The van der Waals surface area contributed by atoms with Gasteiger partial charge in [0.15, 0.2) is 0 Å². The fourth-order valence-electron chi connectivity index (χ4n) is 2.36. The van der Waals surface area contributed by atoms with Crippen molar-refractivity contribution in [2.45, 2.75) is 31.8 Å². The lowest BCUT2D eigenvalue weighted by atomic mass is 10.3. The minimum absolute atomic E-state index is 0.305. The van der Waals surface area contributed by atoms with Crippen molar-refractivity contribution in [1.82, 2.24) is 14.9 Å². The number of halogens is 1. The number of benzene rings is 1. The predicted molar refractivity (Wildman–Crippen MR) is 67.5 cm³/mol. The summed E-state index contributed by atoms with van der Waals surface area (Å²) >= 11 is 0. The lowest BCUT2D eigenvalue weighted by Gasteiger charge is -2.13. The zero-order valence-electron chi connectivity index (χ0n) is 10.4. The summed E-state index contributed by atoms with van der Waals surface area (Å²) in [5.41, 5.74) is 1.43. The first-order valence-electron chi connectivity index (χ1n) is 6.23. The van der Waals surface area contributed by atoms with Crippen molar-refractivity contribution in [2.75, 3.05) is 0 Å². The molecule has 1 heterocycles. The summed E-state index contributed by atoms with van der Waals surface area (Å²) in [5, 5.41) is 11.2. The Morgan fingerprint density at radius 1 is 1.58 bits per heavy atom. The summed E-state index contributed by atoms with van der Waals surface area (Å²) in [7, 11) is 0. The van der Waals surface area contributed by atoms with Crippen LogP contribution in [0.25, 0.3) is 11.0 Å². The molecule has 1 saturated carbocycles. The van der Waals surface area contributed by atoms with Crippen LogP contribution in [0.1, 0.15) is 37.7 Å². The third-order valence-corrected chi connectivity index (χ3v) is 3.32. The second-order valence-corrected chi connectivity index (χ2v) is 4.88. The van der Waals surface area contributed by atoms with Gasteiger partial charge >= 0.3 is 6.09 Å². The molecule has 1 unspecified atom stereocenters. The number of imidazole rings is 1. The molecule has 0 aliphatic heterocycles. The van der Waals surface area contributed by atoms with Gasteiger partial charge in [0.25, 0.3) is 0 Å². The molecule has 1 aromatic heterocycles. The molecular weight excluding hydrogens is 249 g/mol. The van der Waals surface area contributed by atoms with Crippen LogP contribution in [0.5, 0.6) is 0 Å². The van der Waals surface area contributed by atoms with E-state index < -0.39 is 12.1 Å². The fraction of sp³-hybridized carbons (Fsp3) is 0.385. The quantitative estimate of drug-likeness (QED) is 0.894. The largest absolute Gasteiger partial charge is 0.465 e. The van der Waals surface area contributed by atoms with Crippen molar-refractivity contribution in [3.8, 4) is 0 Å². The van der Waals surface area contributed by atoms with Gasteiger partial charge < -0.3 is 15.0 Å². The predicted octanol–water partition coefficient (Wildman–Crippen LogP) is 2.84. The Bertz CT molecular complexity index is 649. The van der Waals surface area contributed by atoms with Crippen LogP contribution in [-0.4, -0.2) is 20.8 Å². The van der Waals surface area contributed by atoms with E-state index in [-0.39, 0.29) is 5.82 Å². The Labute approximate surface area is 109 Å². The molecule has 0 radical (unpaired) electrons. The number of carboxylic acid groups (broad SMARTS) is 1. The van der Waals surface area contributed by atoms with E-state index in [0.29, 0.717) is 17.4 Å². The smallest absolute Gasteiger partial charge is 0.405 e. The topological polar surface area (TPSA) is 67.2 Å². The number of amides is 1. The molecule has 6 heteroatoms. The van der Waals surface area contributed by atoms with E-state index in [0.717, 1.165) is 18.4 Å². The summed E-state index contributed by atoms with van der Waals surface area (Å²) in [6.45, 7) is 1.74. The maximum Gasteiger partial charge on any atom is 0.405 e. The minimum Gasteiger partial charge on any atom is -0.465 e. The Morgan fingerprint density at radius 3 is 2.95 bits per heavy atom. The van der Waals surface area contributed by atoms with E-state index in [4.69, 9.17) is 5.11 Å². The second-order valence-electron chi connectivity index (χ2n) is 4.88. The number of nitrogens with zero attached hydrogens (tertiary/aromatic N) is 2. The summed E-state index contributed by atoms with van der Waals surface area (Å²) in [5.74, 6) is 0.338. The van der Waals surface area contributed by atoms with E-state index in [2.05, 4.69) is 10.3 Å². The van der Waals surface area contributed by atoms with Gasteiger partial charge in [0, 0.05) is 6.04 Å². The summed E-state index contributed by atoms with van der Waals surface area (Å²) in [6, 6.07) is 4.33. The average molecular weight is 263 g/mol. The standard InChI is InChI=1S/C13H14FN3O2/c1-7(15-13(18)19)12-16-10-5-2-8(14)6-11(10)17(12)9-3-4-9/h2,5-7,9,15H,3-4H2,1H3,(H,18,19). The Kier molecular flexibility index (Phi) is 2.66. The monoisotopic (exact) mass is 263 g/mol. The first-order valence-corrected chi connectivity index (χ1v) is 6.23. The maximum absolute atomic E-state index is 13.4. The number of fused-ring (bicyclic) bond motifs is 1. The molecule has 1 fully saturated rings. The second kappa shape index (κ2) is 4.22. The van der Waals surface area contributed by atoms with Crippen LogP contribution in [0.2, 0.25) is 0 Å². The van der Waals surface area contributed by atoms with Gasteiger partial charge in [0.1, 0.15) is 11.6 Å². The highest BCUT2D eigenvalue weighted by Crippen LogP contribution is 2.40. The summed E-state index contributed by atoms with van der Waals surface area (Å²) in [4.78, 5) is 15.2. The SMILES string of the molecule is CC(NC(=O)O)c1nc2ccc(F)cc2n1C1CC1. The Balaban J connectivity index is 2.12. The molecule has 2 N–H and O–H groups in total. The molecule has 19 heavy (non-hydrogen) atoms. The van der Waals surface area contributed by atoms with Gasteiger partial charge in [-0.3, -0.25) is 0 Å². The van der Waals surface area contributed by atoms with Crippen LogP contribution >= 0.6 is 0 Å². The van der Waals surface area contributed by atoms with Crippen LogP contribution in [-0.2, 0) is 0 Å². The minimum atomic E-state index is -1.09. The molecule has 0 bridgehead atoms. The van der Waals surface area contributed by atoms with E-state index in [1.807, 2.05) is 4.57 Å². The Morgan fingerprint density at radius 2 is 2.32 bits per heavy atom. The van der Waals surface area contributed by atoms with Crippen LogP contribution in [0.3, 0.4) is 0 Å². The van der Waals surface area contributed by atoms with Crippen LogP contribution in [0.15, 0.2) is 18.2 Å². The lowest BCUT2D eigenvalue weighted by molar-refractivity contribution is 0.190. The summed E-state index contributed by atoms with van der Waals surface area (Å²) < 4.78 is 15.3. The van der Waals surface area contributed by atoms with E-state index in [9.17, 15) is 9.18 Å². The van der Waals surface area contributed by atoms with Gasteiger partial charge in [-0.1, -0.05) is 0 Å². The van der Waals surface area contributed by atoms with Gasteiger partial charge in [-0.15, -0.1) is 0 Å². The van der Waals surface area contributed by atoms with E-state index >= 15 is 0 Å². The number of carbonyl (C=O) groups is 1. The highest BCUT2D eigenvalue weighted by Gasteiger charge is 2.30. The number of aromatic nitrogens is 2. The molecule has 1 aromatic carbocycles. The van der Waals surface area contributed by atoms with E-state index in [1.165, 1.54) is 12.1 Å². The normalized spacial score (nSPS) is 16.5. The first kappa shape index (κ1) is 12.0. The average Bonchev–Trinajstić information content (AvgIpc) is 3.09. The zero-order chi connectivity index (χ0) is 13.6. The fourth-order valence-corrected chi connectivity index (χ4v) is 2.36. The van der Waals surface area contributed by atoms with Gasteiger partial charge in [-0.2, -0.15) is 0 Å². The van der Waals surface area contributed by atoms with Crippen LogP contribution in [0, 0.1) is 5.82 Å². The number of hydrogen-bond donors (Lipinski definition) is 2. The first-order chi connectivity index (χ1) is 9.06. The molecule has 1 atom stereocenters. The van der Waals surface area contributed by atoms with E-state index in [1.54, 1.807) is 13.0 Å². The molecule has 5 nitrogen and oxygen atoms in total. The molecule has 100 valence electrons. The Hall–Kier alpha value is -2.11. The number of hydrogen-bond acceptors (Lipinski definition) is 2. The van der Waals surface area contributed by atoms with Crippen LogP contribution in [0.4, 0.5) is 9.18 Å². The maximum atomic E-state index is 13.4. The van der Waals surface area contributed by atoms with Crippen molar-refractivity contribution >= 4 is 17.1 Å². The summed E-state index contributed by atoms with van der Waals surface area (Å²) in [6.07, 6.45) is 0.955. The van der Waals surface area contributed by atoms with Crippen molar-refractivity contribution < 1.29 is 14.3 Å². The van der Waals surface area contributed by atoms with Crippen molar-refractivity contribution in [1.29, 1.82) is 0 Å². The molecule has 1 aliphatic rings. The molecule has 1 aliphatic carbocycles. The van der Waals surface area contributed by atoms with Gasteiger partial charge in [-0.05, 0) is 38.0 Å².